The molecule has 0 aromatic heterocycles. The van der Waals surface area contributed by atoms with E-state index in [2.05, 4.69) is 5.32 Å². The molecular formula is C10H19NO2. The molecule has 2 N–H and O–H groups in total. The van der Waals surface area contributed by atoms with E-state index in [-0.39, 0.29) is 12.6 Å². The van der Waals surface area contributed by atoms with Crippen molar-refractivity contribution in [3.63, 3.8) is 0 Å². The van der Waals surface area contributed by atoms with Gasteiger partial charge >= 0.3 is 0 Å². The van der Waals surface area contributed by atoms with E-state index in [0.717, 1.165) is 0 Å². The molecule has 1 atom stereocenters. The van der Waals surface area contributed by atoms with Crippen molar-refractivity contribution in [2.45, 2.75) is 50.3 Å². The smallest absolute Gasteiger partial charge is 0.0645 e. The SMILES string of the molecule is OCC(COC1CCC1)NC1CC1. The van der Waals surface area contributed by atoms with Crippen LogP contribution < -0.4 is 5.32 Å². The maximum Gasteiger partial charge on any atom is 0.0645 e. The number of hydrogen-bond acceptors (Lipinski definition) is 3. The summed E-state index contributed by atoms with van der Waals surface area (Å²) in [5, 5.41) is 12.4. The van der Waals surface area contributed by atoms with Gasteiger partial charge < -0.3 is 15.2 Å². The molecule has 76 valence electrons. The molecule has 0 saturated heterocycles. The van der Waals surface area contributed by atoms with Gasteiger partial charge in [0.15, 0.2) is 0 Å². The largest absolute Gasteiger partial charge is 0.395 e. The van der Waals surface area contributed by atoms with Crippen molar-refractivity contribution in [3.8, 4) is 0 Å². The highest BCUT2D eigenvalue weighted by atomic mass is 16.5. The third-order valence-electron chi connectivity index (χ3n) is 2.85. The second-order valence-electron chi connectivity index (χ2n) is 4.21. The first-order chi connectivity index (χ1) is 6.38. The zero-order chi connectivity index (χ0) is 9.10. The summed E-state index contributed by atoms with van der Waals surface area (Å²) in [4.78, 5) is 0. The zero-order valence-electron chi connectivity index (χ0n) is 8.04. The highest BCUT2D eigenvalue weighted by Crippen LogP contribution is 2.23. The van der Waals surface area contributed by atoms with Crippen LogP contribution in [0.2, 0.25) is 0 Å². The van der Waals surface area contributed by atoms with E-state index in [0.29, 0.717) is 18.8 Å². The number of ether oxygens (including phenoxy) is 1. The van der Waals surface area contributed by atoms with Crippen LogP contribution in [-0.4, -0.2) is 36.5 Å². The van der Waals surface area contributed by atoms with Gasteiger partial charge in [0.25, 0.3) is 0 Å². The summed E-state index contributed by atoms with van der Waals surface area (Å²) in [5.41, 5.74) is 0. The van der Waals surface area contributed by atoms with Gasteiger partial charge in [0.1, 0.15) is 0 Å². The fourth-order valence-corrected chi connectivity index (χ4v) is 1.53. The fourth-order valence-electron chi connectivity index (χ4n) is 1.53. The third kappa shape index (κ3) is 2.93. The molecule has 0 amide bonds. The first-order valence-corrected chi connectivity index (χ1v) is 5.37. The Bertz CT molecular complexity index is 155. The van der Waals surface area contributed by atoms with Crippen LogP contribution in [0.1, 0.15) is 32.1 Å². The quantitative estimate of drug-likeness (QED) is 0.639. The van der Waals surface area contributed by atoms with E-state index < -0.39 is 0 Å². The minimum absolute atomic E-state index is 0.160. The van der Waals surface area contributed by atoms with Crippen molar-refractivity contribution < 1.29 is 9.84 Å². The maximum absolute atomic E-state index is 9.06. The van der Waals surface area contributed by atoms with Crippen molar-refractivity contribution in [2.24, 2.45) is 0 Å². The summed E-state index contributed by atoms with van der Waals surface area (Å²) in [6.45, 7) is 0.876. The van der Waals surface area contributed by atoms with Crippen molar-refractivity contribution in [1.29, 1.82) is 0 Å². The average molecular weight is 185 g/mol. The normalized spacial score (nSPS) is 25.6. The molecule has 13 heavy (non-hydrogen) atoms. The lowest BCUT2D eigenvalue weighted by Gasteiger charge is -2.27. The summed E-state index contributed by atoms with van der Waals surface area (Å²) < 4.78 is 5.64. The standard InChI is InChI=1S/C10H19NO2/c12-6-9(11-8-4-5-8)7-13-10-2-1-3-10/h8-12H,1-7H2. The molecule has 2 saturated carbocycles. The molecule has 2 rings (SSSR count). The number of nitrogens with one attached hydrogen (secondary N) is 1. The van der Waals surface area contributed by atoms with Gasteiger partial charge in [-0.3, -0.25) is 0 Å². The molecule has 0 spiro atoms. The minimum Gasteiger partial charge on any atom is -0.395 e. The Morgan fingerprint density at radius 3 is 2.54 bits per heavy atom. The molecule has 2 aliphatic rings. The van der Waals surface area contributed by atoms with Crippen molar-refractivity contribution in [2.75, 3.05) is 13.2 Å². The van der Waals surface area contributed by atoms with Crippen LogP contribution >= 0.6 is 0 Å². The number of aliphatic hydroxyl groups is 1. The van der Waals surface area contributed by atoms with E-state index >= 15 is 0 Å². The summed E-state index contributed by atoms with van der Waals surface area (Å²) in [7, 11) is 0. The Kier molecular flexibility index (Phi) is 3.19. The van der Waals surface area contributed by atoms with E-state index in [9.17, 15) is 0 Å². The van der Waals surface area contributed by atoms with Gasteiger partial charge in [-0.2, -0.15) is 0 Å². The number of hydrogen-bond donors (Lipinski definition) is 2. The summed E-state index contributed by atoms with van der Waals surface area (Å²) in [6, 6.07) is 0.815. The molecule has 0 radical (unpaired) electrons. The summed E-state index contributed by atoms with van der Waals surface area (Å²) >= 11 is 0. The van der Waals surface area contributed by atoms with Crippen molar-refractivity contribution in [3.05, 3.63) is 0 Å². The maximum atomic E-state index is 9.06. The molecule has 0 aliphatic heterocycles. The van der Waals surface area contributed by atoms with Gasteiger partial charge in [0.2, 0.25) is 0 Å². The molecule has 3 heteroatoms. The van der Waals surface area contributed by atoms with Crippen LogP contribution in [0.5, 0.6) is 0 Å². The van der Waals surface area contributed by atoms with Gasteiger partial charge in [0, 0.05) is 6.04 Å². The van der Waals surface area contributed by atoms with Crippen molar-refractivity contribution >= 4 is 0 Å². The van der Waals surface area contributed by atoms with E-state index in [4.69, 9.17) is 9.84 Å². The lowest BCUT2D eigenvalue weighted by molar-refractivity contribution is -0.0155. The van der Waals surface area contributed by atoms with E-state index in [1.165, 1.54) is 32.1 Å². The van der Waals surface area contributed by atoms with Crippen LogP contribution in [0.25, 0.3) is 0 Å². The summed E-state index contributed by atoms with van der Waals surface area (Å²) in [5.74, 6) is 0. The molecule has 0 aromatic rings. The summed E-state index contributed by atoms with van der Waals surface area (Å²) in [6.07, 6.45) is 6.74. The highest BCUT2D eigenvalue weighted by Gasteiger charge is 2.25. The Balaban J connectivity index is 1.58. The molecule has 0 bridgehead atoms. The first-order valence-electron chi connectivity index (χ1n) is 5.37. The second kappa shape index (κ2) is 4.40. The van der Waals surface area contributed by atoms with Crippen LogP contribution in [0.15, 0.2) is 0 Å². The molecule has 1 unspecified atom stereocenters. The fraction of sp³-hybridized carbons (Fsp3) is 1.00. The Labute approximate surface area is 79.5 Å². The Morgan fingerprint density at radius 1 is 1.31 bits per heavy atom. The van der Waals surface area contributed by atoms with Gasteiger partial charge in [0.05, 0.1) is 25.4 Å². The van der Waals surface area contributed by atoms with E-state index in [1.807, 2.05) is 0 Å². The lowest BCUT2D eigenvalue weighted by atomic mass is 9.96. The minimum atomic E-state index is 0.160. The van der Waals surface area contributed by atoms with E-state index in [1.54, 1.807) is 0 Å². The monoisotopic (exact) mass is 185 g/mol. The number of aliphatic hydroxyl groups excluding tert-OH is 1. The van der Waals surface area contributed by atoms with Gasteiger partial charge in [-0.05, 0) is 32.1 Å². The van der Waals surface area contributed by atoms with Crippen LogP contribution in [-0.2, 0) is 4.74 Å². The van der Waals surface area contributed by atoms with Crippen molar-refractivity contribution in [1.82, 2.24) is 5.32 Å². The van der Waals surface area contributed by atoms with Gasteiger partial charge in [-0.25, -0.2) is 0 Å². The predicted octanol–water partition coefficient (Wildman–Crippen LogP) is 0.668. The molecule has 2 fully saturated rings. The second-order valence-corrected chi connectivity index (χ2v) is 4.21. The Morgan fingerprint density at radius 2 is 2.08 bits per heavy atom. The van der Waals surface area contributed by atoms with Crippen LogP contribution in [0.4, 0.5) is 0 Å². The lowest BCUT2D eigenvalue weighted by Crippen LogP contribution is -2.40. The predicted molar refractivity (Wildman–Crippen MR) is 50.6 cm³/mol. The topological polar surface area (TPSA) is 41.5 Å². The molecule has 0 heterocycles. The third-order valence-corrected chi connectivity index (χ3v) is 2.85. The Hall–Kier alpha value is -0.120. The molecule has 3 nitrogen and oxygen atoms in total. The highest BCUT2D eigenvalue weighted by molar-refractivity contribution is 4.85. The van der Waals surface area contributed by atoms with Gasteiger partial charge in [-0.1, -0.05) is 0 Å². The number of rotatable bonds is 6. The first kappa shape index (κ1) is 9.44. The van der Waals surface area contributed by atoms with Crippen LogP contribution in [0.3, 0.4) is 0 Å². The average Bonchev–Trinajstić information content (AvgIpc) is 2.83. The van der Waals surface area contributed by atoms with Crippen LogP contribution in [0, 0.1) is 0 Å². The van der Waals surface area contributed by atoms with Gasteiger partial charge in [-0.15, -0.1) is 0 Å². The molecule has 0 aromatic carbocycles. The molecule has 2 aliphatic carbocycles. The molecular weight excluding hydrogens is 166 g/mol. The zero-order valence-corrected chi connectivity index (χ0v) is 8.04.